The van der Waals surface area contributed by atoms with E-state index < -0.39 is 5.97 Å². The van der Waals surface area contributed by atoms with Gasteiger partial charge in [0.1, 0.15) is 5.75 Å². The molecule has 1 aromatic carbocycles. The second-order valence-corrected chi connectivity index (χ2v) is 5.92. The Morgan fingerprint density at radius 2 is 2.00 bits per heavy atom. The van der Waals surface area contributed by atoms with Gasteiger partial charge in [0.05, 0.1) is 13.0 Å². The minimum absolute atomic E-state index is 0.0649. The zero-order chi connectivity index (χ0) is 16.7. The number of carboxylic acids is 1. The number of carbonyl (C=O) groups excluding carboxylic acids is 1. The maximum Gasteiger partial charge on any atom is 0.303 e. The van der Waals surface area contributed by atoms with Crippen molar-refractivity contribution in [1.29, 1.82) is 0 Å². The number of hydrogen-bond acceptors (Lipinski definition) is 3. The second kappa shape index (κ2) is 8.56. The highest BCUT2D eigenvalue weighted by atomic mass is 16.5. The Kier molecular flexibility index (Phi) is 6.44. The van der Waals surface area contributed by atoms with Crippen molar-refractivity contribution in [3.8, 4) is 5.75 Å². The fourth-order valence-corrected chi connectivity index (χ4v) is 3.07. The van der Waals surface area contributed by atoms with Crippen LogP contribution in [-0.4, -0.2) is 41.1 Å². The zero-order valence-electron chi connectivity index (χ0n) is 13.7. The molecule has 5 heteroatoms. The van der Waals surface area contributed by atoms with E-state index in [1.54, 1.807) is 0 Å². The highest BCUT2D eigenvalue weighted by Gasteiger charge is 2.26. The van der Waals surface area contributed by atoms with Crippen LogP contribution in [0.5, 0.6) is 5.75 Å². The van der Waals surface area contributed by atoms with Gasteiger partial charge in [-0.15, -0.1) is 0 Å². The molecule has 0 unspecified atom stereocenters. The van der Waals surface area contributed by atoms with Gasteiger partial charge in [0.2, 0.25) is 5.91 Å². The third-order valence-electron chi connectivity index (χ3n) is 4.23. The minimum atomic E-state index is -0.797. The lowest BCUT2D eigenvalue weighted by Gasteiger charge is -2.35. The van der Waals surface area contributed by atoms with Gasteiger partial charge in [0, 0.05) is 19.0 Å². The summed E-state index contributed by atoms with van der Waals surface area (Å²) in [5.41, 5.74) is 0.959. The summed E-state index contributed by atoms with van der Waals surface area (Å²) in [4.78, 5) is 25.2. The zero-order valence-corrected chi connectivity index (χ0v) is 13.7. The van der Waals surface area contributed by atoms with Crippen molar-refractivity contribution in [1.82, 2.24) is 4.90 Å². The standard InChI is InChI=1S/C18H25NO4/c1-2-23-16-9-6-14(7-10-16)13-17(20)19-12-4-3-5-15(19)8-11-18(21)22/h6-7,9-10,15H,2-5,8,11-13H2,1H3,(H,21,22)/t15-/m0/s1. The van der Waals surface area contributed by atoms with Crippen LogP contribution in [0, 0.1) is 0 Å². The van der Waals surface area contributed by atoms with Crippen molar-refractivity contribution in [3.05, 3.63) is 29.8 Å². The Bertz CT molecular complexity index is 526. The number of benzene rings is 1. The lowest BCUT2D eigenvalue weighted by molar-refractivity contribution is -0.139. The molecule has 23 heavy (non-hydrogen) atoms. The largest absolute Gasteiger partial charge is 0.494 e. The summed E-state index contributed by atoms with van der Waals surface area (Å²) in [6, 6.07) is 7.65. The predicted molar refractivity (Wildman–Crippen MR) is 87.5 cm³/mol. The van der Waals surface area contributed by atoms with Gasteiger partial charge in [-0.25, -0.2) is 0 Å². The van der Waals surface area contributed by atoms with Gasteiger partial charge < -0.3 is 14.7 Å². The number of nitrogens with zero attached hydrogens (tertiary/aromatic N) is 1. The molecule has 0 aromatic heterocycles. The van der Waals surface area contributed by atoms with E-state index in [0.29, 0.717) is 19.4 Å². The lowest BCUT2D eigenvalue weighted by atomic mass is 9.97. The number of rotatable bonds is 7. The molecule has 1 aliphatic rings. The summed E-state index contributed by atoms with van der Waals surface area (Å²) in [7, 11) is 0. The topological polar surface area (TPSA) is 66.8 Å². The smallest absolute Gasteiger partial charge is 0.303 e. The van der Waals surface area contributed by atoms with Crippen LogP contribution in [-0.2, 0) is 16.0 Å². The maximum atomic E-state index is 12.6. The molecule has 0 aliphatic carbocycles. The molecular formula is C18H25NO4. The molecule has 126 valence electrons. The normalized spacial score (nSPS) is 17.8. The molecule has 1 amide bonds. The van der Waals surface area contributed by atoms with Crippen LogP contribution in [0.3, 0.4) is 0 Å². The second-order valence-electron chi connectivity index (χ2n) is 5.92. The molecule has 5 nitrogen and oxygen atoms in total. The Labute approximate surface area is 137 Å². The van der Waals surface area contributed by atoms with Crippen LogP contribution in [0.15, 0.2) is 24.3 Å². The SMILES string of the molecule is CCOc1ccc(CC(=O)N2CCCC[C@H]2CCC(=O)O)cc1. The van der Waals surface area contributed by atoms with Crippen molar-refractivity contribution < 1.29 is 19.4 Å². The number of amides is 1. The van der Waals surface area contributed by atoms with Crippen LogP contribution < -0.4 is 4.74 Å². The number of hydrogen-bond donors (Lipinski definition) is 1. The first-order chi connectivity index (χ1) is 11.1. The highest BCUT2D eigenvalue weighted by Crippen LogP contribution is 2.22. The van der Waals surface area contributed by atoms with Gasteiger partial charge in [-0.3, -0.25) is 9.59 Å². The number of aliphatic carboxylic acids is 1. The molecule has 1 aliphatic heterocycles. The quantitative estimate of drug-likeness (QED) is 0.839. The molecule has 0 saturated carbocycles. The number of piperidine rings is 1. The average molecular weight is 319 g/mol. The van der Waals surface area contributed by atoms with Gasteiger partial charge in [0.25, 0.3) is 0 Å². The van der Waals surface area contributed by atoms with Gasteiger partial charge in [0.15, 0.2) is 0 Å². The number of likely N-dealkylation sites (tertiary alicyclic amines) is 1. The third kappa shape index (κ3) is 5.27. The van der Waals surface area contributed by atoms with Gasteiger partial charge in [-0.05, 0) is 50.3 Å². The fourth-order valence-electron chi connectivity index (χ4n) is 3.07. The van der Waals surface area contributed by atoms with Crippen LogP contribution in [0.2, 0.25) is 0 Å². The highest BCUT2D eigenvalue weighted by molar-refractivity contribution is 5.79. The van der Waals surface area contributed by atoms with E-state index in [0.717, 1.165) is 37.1 Å². The molecule has 2 rings (SSSR count). The van der Waals surface area contributed by atoms with Gasteiger partial charge in [-0.2, -0.15) is 0 Å². The molecule has 1 saturated heterocycles. The van der Waals surface area contributed by atoms with E-state index in [1.165, 1.54) is 0 Å². The molecule has 0 radical (unpaired) electrons. The number of carboxylic acid groups (broad SMARTS) is 1. The van der Waals surface area contributed by atoms with Crippen molar-refractivity contribution in [2.24, 2.45) is 0 Å². The first-order valence-corrected chi connectivity index (χ1v) is 8.33. The molecule has 1 heterocycles. The van der Waals surface area contributed by atoms with E-state index in [9.17, 15) is 9.59 Å². The maximum absolute atomic E-state index is 12.6. The predicted octanol–water partition coefficient (Wildman–Crippen LogP) is 2.87. The summed E-state index contributed by atoms with van der Waals surface area (Å²) in [6.45, 7) is 3.29. The molecule has 0 bridgehead atoms. The van der Waals surface area contributed by atoms with Crippen LogP contribution in [0.25, 0.3) is 0 Å². The first-order valence-electron chi connectivity index (χ1n) is 8.33. The molecule has 1 atom stereocenters. The van der Waals surface area contributed by atoms with Crippen LogP contribution >= 0.6 is 0 Å². The molecule has 1 fully saturated rings. The summed E-state index contributed by atoms with van der Waals surface area (Å²) in [5, 5.41) is 8.86. The van der Waals surface area contributed by atoms with Crippen molar-refractivity contribution >= 4 is 11.9 Å². The van der Waals surface area contributed by atoms with E-state index in [4.69, 9.17) is 9.84 Å². The third-order valence-corrected chi connectivity index (χ3v) is 4.23. The van der Waals surface area contributed by atoms with Gasteiger partial charge >= 0.3 is 5.97 Å². The Hall–Kier alpha value is -2.04. The summed E-state index contributed by atoms with van der Waals surface area (Å²) >= 11 is 0. The fraction of sp³-hybridized carbons (Fsp3) is 0.556. The van der Waals surface area contributed by atoms with Crippen molar-refractivity contribution in [2.75, 3.05) is 13.2 Å². The van der Waals surface area contributed by atoms with Gasteiger partial charge in [-0.1, -0.05) is 12.1 Å². The van der Waals surface area contributed by atoms with Crippen LogP contribution in [0.4, 0.5) is 0 Å². The Morgan fingerprint density at radius 1 is 1.26 bits per heavy atom. The van der Waals surface area contributed by atoms with Crippen molar-refractivity contribution in [2.45, 2.75) is 51.5 Å². The van der Waals surface area contributed by atoms with E-state index >= 15 is 0 Å². The van der Waals surface area contributed by atoms with E-state index in [2.05, 4.69) is 0 Å². The summed E-state index contributed by atoms with van der Waals surface area (Å²) in [6.07, 6.45) is 4.00. The monoisotopic (exact) mass is 319 g/mol. The molecule has 1 N–H and O–H groups in total. The molecule has 1 aromatic rings. The number of carbonyl (C=O) groups is 2. The minimum Gasteiger partial charge on any atom is -0.494 e. The van der Waals surface area contributed by atoms with E-state index in [1.807, 2.05) is 36.1 Å². The number of ether oxygens (including phenoxy) is 1. The first kappa shape index (κ1) is 17.3. The molecule has 0 spiro atoms. The van der Waals surface area contributed by atoms with Crippen molar-refractivity contribution in [3.63, 3.8) is 0 Å². The Morgan fingerprint density at radius 3 is 2.65 bits per heavy atom. The Balaban J connectivity index is 1.95. The summed E-state index contributed by atoms with van der Waals surface area (Å²) in [5.74, 6) is 0.0970. The average Bonchev–Trinajstić information content (AvgIpc) is 2.55. The molecular weight excluding hydrogens is 294 g/mol. The van der Waals surface area contributed by atoms with E-state index in [-0.39, 0.29) is 18.4 Å². The summed E-state index contributed by atoms with van der Waals surface area (Å²) < 4.78 is 5.40. The lowest BCUT2D eigenvalue weighted by Crippen LogP contribution is -2.44. The van der Waals surface area contributed by atoms with Crippen LogP contribution in [0.1, 0.15) is 44.6 Å².